The lowest BCUT2D eigenvalue weighted by Gasteiger charge is -2.02. The highest BCUT2D eigenvalue weighted by Gasteiger charge is 1.99. The number of carbonyl (C=O) groups excluding carboxylic acids is 1. The van der Waals surface area contributed by atoms with E-state index < -0.39 is 0 Å². The van der Waals surface area contributed by atoms with Crippen LogP contribution in [0.25, 0.3) is 0 Å². The van der Waals surface area contributed by atoms with Crippen LogP contribution in [0.1, 0.15) is 18.9 Å². The van der Waals surface area contributed by atoms with E-state index in [1.807, 2.05) is 43.3 Å². The van der Waals surface area contributed by atoms with Crippen molar-refractivity contribution in [2.24, 2.45) is 0 Å². The number of carbonyl (C=O) groups is 1. The van der Waals surface area contributed by atoms with Crippen molar-refractivity contribution in [3.8, 4) is 0 Å². The van der Waals surface area contributed by atoms with Crippen molar-refractivity contribution in [1.29, 1.82) is 0 Å². The van der Waals surface area contributed by atoms with E-state index in [1.165, 1.54) is 0 Å². The fraction of sp³-hybridized carbons (Fsp3) is 0.250. The summed E-state index contributed by atoms with van der Waals surface area (Å²) in [6, 6.07) is 9.65. The third kappa shape index (κ3) is 3.90. The van der Waals surface area contributed by atoms with Crippen LogP contribution in [0.2, 0.25) is 0 Å². The average Bonchev–Trinajstić information content (AvgIpc) is 2.25. The van der Waals surface area contributed by atoms with Crippen LogP contribution in [0.15, 0.2) is 42.5 Å². The monoisotopic (exact) mass is 190 g/mol. The molecule has 0 radical (unpaired) electrons. The summed E-state index contributed by atoms with van der Waals surface area (Å²) in [4.78, 5) is 11.1. The number of benzene rings is 1. The first-order valence-corrected chi connectivity index (χ1v) is 4.63. The average molecular weight is 190 g/mol. The third-order valence-corrected chi connectivity index (χ3v) is 1.76. The normalized spacial score (nSPS) is 10.4. The standard InChI is InChI=1S/C12H14O2/c1-2-3-9-12(13)14-10-11-7-5-4-6-8-11/h2-8H,9-10H2,1H3. The van der Waals surface area contributed by atoms with E-state index in [-0.39, 0.29) is 5.97 Å². The van der Waals surface area contributed by atoms with E-state index in [4.69, 9.17) is 4.74 Å². The molecule has 0 saturated carbocycles. The molecular weight excluding hydrogens is 176 g/mol. The molecule has 0 heterocycles. The zero-order chi connectivity index (χ0) is 10.2. The Hall–Kier alpha value is -1.57. The molecule has 1 rings (SSSR count). The minimum Gasteiger partial charge on any atom is -0.461 e. The van der Waals surface area contributed by atoms with Crippen LogP contribution in [0.3, 0.4) is 0 Å². The molecule has 74 valence electrons. The molecule has 0 aromatic heterocycles. The second kappa shape index (κ2) is 5.97. The van der Waals surface area contributed by atoms with Gasteiger partial charge in [0, 0.05) is 0 Å². The van der Waals surface area contributed by atoms with Gasteiger partial charge in [-0.05, 0) is 12.5 Å². The van der Waals surface area contributed by atoms with E-state index in [0.717, 1.165) is 5.56 Å². The Morgan fingerprint density at radius 1 is 1.36 bits per heavy atom. The molecule has 0 amide bonds. The first-order chi connectivity index (χ1) is 6.83. The van der Waals surface area contributed by atoms with Crippen LogP contribution in [0, 0.1) is 0 Å². The summed E-state index contributed by atoms with van der Waals surface area (Å²) in [7, 11) is 0. The highest BCUT2D eigenvalue weighted by atomic mass is 16.5. The van der Waals surface area contributed by atoms with Crippen LogP contribution in [0.4, 0.5) is 0 Å². The van der Waals surface area contributed by atoms with Gasteiger partial charge in [0.15, 0.2) is 0 Å². The van der Waals surface area contributed by atoms with Gasteiger partial charge in [-0.25, -0.2) is 0 Å². The molecule has 0 aliphatic carbocycles. The minimum atomic E-state index is -0.188. The van der Waals surface area contributed by atoms with Crippen molar-refractivity contribution in [2.75, 3.05) is 0 Å². The number of esters is 1. The molecule has 0 atom stereocenters. The zero-order valence-electron chi connectivity index (χ0n) is 8.27. The molecule has 0 spiro atoms. The Bertz CT molecular complexity index is 301. The topological polar surface area (TPSA) is 26.3 Å². The molecule has 0 N–H and O–H groups in total. The van der Waals surface area contributed by atoms with E-state index in [9.17, 15) is 4.79 Å². The molecular formula is C12H14O2. The van der Waals surface area contributed by atoms with Crippen molar-refractivity contribution in [3.63, 3.8) is 0 Å². The predicted octanol–water partition coefficient (Wildman–Crippen LogP) is 2.70. The summed E-state index contributed by atoms with van der Waals surface area (Å²) in [5, 5.41) is 0. The SMILES string of the molecule is CC=CCC(=O)OCc1ccccc1. The van der Waals surface area contributed by atoms with Crippen molar-refractivity contribution < 1.29 is 9.53 Å². The first kappa shape index (κ1) is 10.5. The van der Waals surface area contributed by atoms with Crippen LogP contribution >= 0.6 is 0 Å². The van der Waals surface area contributed by atoms with Crippen LogP contribution < -0.4 is 0 Å². The Morgan fingerprint density at radius 2 is 2.07 bits per heavy atom. The molecule has 1 aromatic rings. The summed E-state index contributed by atoms with van der Waals surface area (Å²) in [6.07, 6.45) is 3.97. The summed E-state index contributed by atoms with van der Waals surface area (Å²) in [6.45, 7) is 2.24. The van der Waals surface area contributed by atoms with Gasteiger partial charge in [-0.15, -0.1) is 0 Å². The van der Waals surface area contributed by atoms with Crippen LogP contribution in [0.5, 0.6) is 0 Å². The minimum absolute atomic E-state index is 0.188. The Balaban J connectivity index is 2.31. The van der Waals surface area contributed by atoms with Gasteiger partial charge in [-0.3, -0.25) is 4.79 Å². The molecule has 0 aliphatic rings. The van der Waals surface area contributed by atoms with Gasteiger partial charge < -0.3 is 4.74 Å². The van der Waals surface area contributed by atoms with Crippen molar-refractivity contribution in [2.45, 2.75) is 20.0 Å². The quantitative estimate of drug-likeness (QED) is 0.539. The Kier molecular flexibility index (Phi) is 4.48. The van der Waals surface area contributed by atoms with Crippen LogP contribution in [-0.2, 0) is 16.1 Å². The molecule has 0 unspecified atom stereocenters. The van der Waals surface area contributed by atoms with Gasteiger partial charge in [-0.2, -0.15) is 0 Å². The smallest absolute Gasteiger partial charge is 0.309 e. The predicted molar refractivity (Wildman–Crippen MR) is 55.7 cm³/mol. The largest absolute Gasteiger partial charge is 0.461 e. The summed E-state index contributed by atoms with van der Waals surface area (Å²) in [5.41, 5.74) is 1.02. The van der Waals surface area contributed by atoms with Gasteiger partial charge in [-0.1, -0.05) is 42.5 Å². The third-order valence-electron chi connectivity index (χ3n) is 1.76. The highest BCUT2D eigenvalue weighted by molar-refractivity contribution is 5.71. The summed E-state index contributed by atoms with van der Waals surface area (Å²) >= 11 is 0. The second-order valence-electron chi connectivity index (χ2n) is 2.92. The van der Waals surface area contributed by atoms with Crippen molar-refractivity contribution in [1.82, 2.24) is 0 Å². The molecule has 14 heavy (non-hydrogen) atoms. The lowest BCUT2D eigenvalue weighted by molar-refractivity contribution is -0.143. The molecule has 0 saturated heterocycles. The van der Waals surface area contributed by atoms with Gasteiger partial charge in [0.1, 0.15) is 6.61 Å². The van der Waals surface area contributed by atoms with Crippen LogP contribution in [-0.4, -0.2) is 5.97 Å². The lowest BCUT2D eigenvalue weighted by atomic mass is 10.2. The Morgan fingerprint density at radius 3 is 2.71 bits per heavy atom. The van der Waals surface area contributed by atoms with E-state index in [1.54, 1.807) is 6.08 Å². The van der Waals surface area contributed by atoms with Gasteiger partial charge in [0.2, 0.25) is 0 Å². The van der Waals surface area contributed by atoms with Crippen molar-refractivity contribution >= 4 is 5.97 Å². The number of allylic oxidation sites excluding steroid dienone is 1. The fourth-order valence-electron chi connectivity index (χ4n) is 1.01. The van der Waals surface area contributed by atoms with E-state index in [2.05, 4.69) is 0 Å². The van der Waals surface area contributed by atoms with E-state index >= 15 is 0 Å². The van der Waals surface area contributed by atoms with Gasteiger partial charge in [0.25, 0.3) is 0 Å². The molecule has 2 heteroatoms. The Labute approximate surface area is 84.2 Å². The maximum absolute atomic E-state index is 11.1. The maximum atomic E-state index is 11.1. The number of ether oxygens (including phenoxy) is 1. The molecule has 0 fully saturated rings. The number of hydrogen-bond donors (Lipinski definition) is 0. The summed E-state index contributed by atoms with van der Waals surface area (Å²) in [5.74, 6) is -0.188. The molecule has 0 bridgehead atoms. The second-order valence-corrected chi connectivity index (χ2v) is 2.92. The lowest BCUT2D eigenvalue weighted by Crippen LogP contribution is -2.02. The fourth-order valence-corrected chi connectivity index (χ4v) is 1.01. The highest BCUT2D eigenvalue weighted by Crippen LogP contribution is 2.01. The first-order valence-electron chi connectivity index (χ1n) is 4.63. The molecule has 2 nitrogen and oxygen atoms in total. The van der Waals surface area contributed by atoms with Crippen molar-refractivity contribution in [3.05, 3.63) is 48.0 Å². The molecule has 0 aliphatic heterocycles. The number of hydrogen-bond acceptors (Lipinski definition) is 2. The zero-order valence-corrected chi connectivity index (χ0v) is 8.27. The van der Waals surface area contributed by atoms with Gasteiger partial charge in [0.05, 0.1) is 6.42 Å². The molecule has 1 aromatic carbocycles. The summed E-state index contributed by atoms with van der Waals surface area (Å²) < 4.78 is 5.04. The number of rotatable bonds is 4. The van der Waals surface area contributed by atoms with Gasteiger partial charge >= 0.3 is 5.97 Å². The maximum Gasteiger partial charge on any atom is 0.309 e. The van der Waals surface area contributed by atoms with E-state index in [0.29, 0.717) is 13.0 Å².